The first kappa shape index (κ1) is 15.5. The fraction of sp³-hybridized carbons (Fsp3) is 0.118. The molecular formula is C17H14Br2N2O. The maximum Gasteiger partial charge on any atom is 0.140 e. The number of aromatic amines is 1. The molecule has 3 nitrogen and oxygen atoms in total. The summed E-state index contributed by atoms with van der Waals surface area (Å²) >= 11 is 6.89. The molecule has 2 aromatic carbocycles. The Bertz CT molecular complexity index is 751. The van der Waals surface area contributed by atoms with Crippen LogP contribution in [0.15, 0.2) is 63.7 Å². The van der Waals surface area contributed by atoms with Crippen molar-refractivity contribution in [2.24, 2.45) is 0 Å². The summed E-state index contributed by atoms with van der Waals surface area (Å²) in [6.07, 6.45) is 1.63. The molecule has 1 N–H and O–H groups in total. The van der Waals surface area contributed by atoms with Gasteiger partial charge in [-0.3, -0.25) is 0 Å². The molecule has 0 radical (unpaired) electrons. The summed E-state index contributed by atoms with van der Waals surface area (Å²) < 4.78 is 7.71. The van der Waals surface area contributed by atoms with E-state index >= 15 is 0 Å². The number of imidazole rings is 1. The zero-order valence-electron chi connectivity index (χ0n) is 11.9. The zero-order chi connectivity index (χ0) is 15.5. The highest BCUT2D eigenvalue weighted by Crippen LogP contribution is 2.27. The summed E-state index contributed by atoms with van der Waals surface area (Å²) in [5.41, 5.74) is 3.12. The molecule has 0 spiro atoms. The summed E-state index contributed by atoms with van der Waals surface area (Å²) in [7, 11) is 1.69. The van der Waals surface area contributed by atoms with E-state index in [-0.39, 0.29) is 6.10 Å². The average Bonchev–Trinajstić information content (AvgIpc) is 3.00. The molecule has 112 valence electrons. The second-order valence-electron chi connectivity index (χ2n) is 4.86. The zero-order valence-corrected chi connectivity index (χ0v) is 15.1. The van der Waals surface area contributed by atoms with E-state index in [2.05, 4.69) is 41.8 Å². The molecule has 0 saturated heterocycles. The highest BCUT2D eigenvalue weighted by atomic mass is 79.9. The third-order valence-electron chi connectivity index (χ3n) is 3.41. The van der Waals surface area contributed by atoms with Gasteiger partial charge in [-0.05, 0) is 35.4 Å². The van der Waals surface area contributed by atoms with Crippen LogP contribution in [0.25, 0.3) is 11.3 Å². The van der Waals surface area contributed by atoms with E-state index in [1.165, 1.54) is 0 Å². The molecule has 1 heterocycles. The molecule has 0 unspecified atom stereocenters. The number of halogens is 2. The van der Waals surface area contributed by atoms with Gasteiger partial charge in [0.2, 0.25) is 0 Å². The maximum atomic E-state index is 5.61. The van der Waals surface area contributed by atoms with Crippen molar-refractivity contribution in [3.8, 4) is 11.3 Å². The van der Waals surface area contributed by atoms with Gasteiger partial charge in [-0.15, -0.1) is 0 Å². The Morgan fingerprint density at radius 3 is 2.14 bits per heavy atom. The average molecular weight is 422 g/mol. The van der Waals surface area contributed by atoms with Crippen LogP contribution in [0.4, 0.5) is 0 Å². The number of rotatable bonds is 4. The van der Waals surface area contributed by atoms with E-state index < -0.39 is 0 Å². The fourth-order valence-corrected chi connectivity index (χ4v) is 2.82. The van der Waals surface area contributed by atoms with Gasteiger partial charge in [0.25, 0.3) is 0 Å². The van der Waals surface area contributed by atoms with Crippen molar-refractivity contribution < 1.29 is 4.74 Å². The third kappa shape index (κ3) is 3.32. The number of benzene rings is 2. The Morgan fingerprint density at radius 2 is 1.55 bits per heavy atom. The van der Waals surface area contributed by atoms with E-state index in [1.54, 1.807) is 7.11 Å². The SMILES string of the molecule is CO[C@@H](c1ccc(Br)cc1)c1ncc(-c2ccc(Br)cc2)[nH]1. The monoisotopic (exact) mass is 420 g/mol. The number of aromatic nitrogens is 2. The van der Waals surface area contributed by atoms with Crippen molar-refractivity contribution in [2.45, 2.75) is 6.10 Å². The number of hydrogen-bond donors (Lipinski definition) is 1. The molecule has 5 heteroatoms. The van der Waals surface area contributed by atoms with Crippen molar-refractivity contribution in [1.29, 1.82) is 0 Å². The standard InChI is InChI=1S/C17H14Br2N2O/c1-22-16(12-4-8-14(19)9-5-12)17-20-10-15(21-17)11-2-6-13(18)7-3-11/h2-10,16H,1H3,(H,20,21)/t16-/m0/s1. The van der Waals surface area contributed by atoms with Crippen LogP contribution in [0, 0.1) is 0 Å². The Morgan fingerprint density at radius 1 is 0.955 bits per heavy atom. The highest BCUT2D eigenvalue weighted by Gasteiger charge is 2.17. The minimum absolute atomic E-state index is 0.211. The van der Waals surface area contributed by atoms with Crippen LogP contribution in [0.3, 0.4) is 0 Å². The van der Waals surface area contributed by atoms with Crippen LogP contribution in [0.2, 0.25) is 0 Å². The molecule has 0 bridgehead atoms. The molecule has 0 aliphatic heterocycles. The number of ether oxygens (including phenoxy) is 1. The molecule has 3 aromatic rings. The summed E-state index contributed by atoms with van der Waals surface area (Å²) in [6.45, 7) is 0. The van der Waals surface area contributed by atoms with Crippen molar-refractivity contribution in [1.82, 2.24) is 9.97 Å². The van der Waals surface area contributed by atoms with Crippen molar-refractivity contribution in [3.05, 3.63) is 75.1 Å². The van der Waals surface area contributed by atoms with Gasteiger partial charge in [-0.1, -0.05) is 56.1 Å². The van der Waals surface area contributed by atoms with Crippen LogP contribution < -0.4 is 0 Å². The topological polar surface area (TPSA) is 37.9 Å². The summed E-state index contributed by atoms with van der Waals surface area (Å²) in [5.74, 6) is 0.794. The lowest BCUT2D eigenvalue weighted by molar-refractivity contribution is 0.130. The van der Waals surface area contributed by atoms with Gasteiger partial charge in [-0.2, -0.15) is 0 Å². The first-order chi connectivity index (χ1) is 10.7. The second kappa shape index (κ2) is 6.77. The summed E-state index contributed by atoms with van der Waals surface area (Å²) in [6, 6.07) is 16.2. The fourth-order valence-electron chi connectivity index (χ4n) is 2.29. The molecular weight excluding hydrogens is 408 g/mol. The van der Waals surface area contributed by atoms with Crippen molar-refractivity contribution in [2.75, 3.05) is 7.11 Å². The Kier molecular flexibility index (Phi) is 4.76. The molecule has 3 rings (SSSR count). The van der Waals surface area contributed by atoms with Crippen molar-refractivity contribution in [3.63, 3.8) is 0 Å². The molecule has 1 aromatic heterocycles. The normalized spacial score (nSPS) is 12.3. The van der Waals surface area contributed by atoms with Gasteiger partial charge in [0.1, 0.15) is 11.9 Å². The number of methoxy groups -OCH3 is 1. The van der Waals surface area contributed by atoms with Crippen LogP contribution in [-0.4, -0.2) is 17.1 Å². The molecule has 0 saturated carbocycles. The molecule has 0 aliphatic rings. The third-order valence-corrected chi connectivity index (χ3v) is 4.46. The largest absolute Gasteiger partial charge is 0.369 e. The van der Waals surface area contributed by atoms with Crippen LogP contribution in [0.5, 0.6) is 0 Å². The molecule has 0 fully saturated rings. The van der Waals surface area contributed by atoms with Crippen LogP contribution >= 0.6 is 31.9 Å². The second-order valence-corrected chi connectivity index (χ2v) is 6.69. The van der Waals surface area contributed by atoms with Gasteiger partial charge in [-0.25, -0.2) is 4.98 Å². The molecule has 0 aliphatic carbocycles. The van der Waals surface area contributed by atoms with Gasteiger partial charge in [0.05, 0.1) is 11.9 Å². The predicted octanol–water partition coefficient (Wildman–Crippen LogP) is 5.34. The van der Waals surface area contributed by atoms with Crippen LogP contribution in [-0.2, 0) is 4.74 Å². The van der Waals surface area contributed by atoms with Gasteiger partial charge in [0.15, 0.2) is 0 Å². The lowest BCUT2D eigenvalue weighted by Gasteiger charge is -2.13. The lowest BCUT2D eigenvalue weighted by atomic mass is 10.1. The minimum atomic E-state index is -0.211. The minimum Gasteiger partial charge on any atom is -0.369 e. The van der Waals surface area contributed by atoms with E-state index in [9.17, 15) is 0 Å². The lowest BCUT2D eigenvalue weighted by Crippen LogP contribution is -2.05. The number of H-pyrrole nitrogens is 1. The van der Waals surface area contributed by atoms with Gasteiger partial charge >= 0.3 is 0 Å². The molecule has 0 amide bonds. The van der Waals surface area contributed by atoms with Crippen molar-refractivity contribution >= 4 is 31.9 Å². The predicted molar refractivity (Wildman–Crippen MR) is 94.7 cm³/mol. The number of nitrogens with one attached hydrogen (secondary N) is 1. The Labute approximate surface area is 146 Å². The Hall–Kier alpha value is -1.43. The first-order valence-corrected chi connectivity index (χ1v) is 8.35. The molecule has 22 heavy (non-hydrogen) atoms. The summed E-state index contributed by atoms with van der Waals surface area (Å²) in [4.78, 5) is 7.83. The summed E-state index contributed by atoms with van der Waals surface area (Å²) in [5, 5.41) is 0. The van der Waals surface area contributed by atoms with Crippen LogP contribution in [0.1, 0.15) is 17.5 Å². The molecule has 1 atom stereocenters. The maximum absolute atomic E-state index is 5.61. The highest BCUT2D eigenvalue weighted by molar-refractivity contribution is 9.10. The number of nitrogens with zero attached hydrogens (tertiary/aromatic N) is 1. The number of hydrogen-bond acceptors (Lipinski definition) is 2. The van der Waals surface area contributed by atoms with Gasteiger partial charge in [0, 0.05) is 16.1 Å². The van der Waals surface area contributed by atoms with E-state index in [0.717, 1.165) is 31.6 Å². The van der Waals surface area contributed by atoms with Gasteiger partial charge < -0.3 is 9.72 Å². The van der Waals surface area contributed by atoms with E-state index in [0.29, 0.717) is 0 Å². The van der Waals surface area contributed by atoms with E-state index in [1.807, 2.05) is 54.7 Å². The quantitative estimate of drug-likeness (QED) is 0.617. The van der Waals surface area contributed by atoms with E-state index in [4.69, 9.17) is 4.74 Å². The first-order valence-electron chi connectivity index (χ1n) is 6.76. The smallest absolute Gasteiger partial charge is 0.140 e. The Balaban J connectivity index is 1.91.